The highest BCUT2D eigenvalue weighted by Crippen LogP contribution is 2.38. The largest absolute Gasteiger partial charge is 0.497 e. The minimum Gasteiger partial charge on any atom is -0.497 e. The molecule has 17 heteroatoms. The van der Waals surface area contributed by atoms with E-state index in [1.165, 1.54) is 33.0 Å². The van der Waals surface area contributed by atoms with E-state index >= 15 is 0 Å². The molecule has 0 radical (unpaired) electrons. The van der Waals surface area contributed by atoms with Crippen LogP contribution in [0.15, 0.2) is 54.6 Å². The lowest BCUT2D eigenvalue weighted by molar-refractivity contribution is -0.157. The number of hydrogen-bond acceptors (Lipinski definition) is 11. The molecule has 0 bridgehead atoms. The zero-order valence-electron chi connectivity index (χ0n) is 42.2. The molecule has 2 aromatic rings. The number of methoxy groups -OCH3 is 1. The maximum Gasteiger partial charge on any atom is 0.410 e. The van der Waals surface area contributed by atoms with Gasteiger partial charge in [0.25, 0.3) is 0 Å². The molecule has 0 unspecified atom stereocenters. The van der Waals surface area contributed by atoms with E-state index in [2.05, 4.69) is 10.6 Å². The van der Waals surface area contributed by atoms with Gasteiger partial charge >= 0.3 is 24.1 Å². The van der Waals surface area contributed by atoms with E-state index < -0.39 is 92.7 Å². The van der Waals surface area contributed by atoms with Crippen molar-refractivity contribution in [3.05, 3.63) is 65.7 Å². The molecule has 0 aliphatic heterocycles. The zero-order chi connectivity index (χ0) is 50.3. The van der Waals surface area contributed by atoms with Crippen LogP contribution in [0.3, 0.4) is 0 Å². The van der Waals surface area contributed by atoms with Crippen LogP contribution >= 0.6 is 0 Å². The van der Waals surface area contributed by atoms with Gasteiger partial charge in [-0.3, -0.25) is 24.2 Å². The molecule has 2 rings (SSSR count). The number of rotatable bonds is 23. The van der Waals surface area contributed by atoms with Crippen LogP contribution < -0.4 is 15.4 Å². The number of carboxylic acids is 1. The van der Waals surface area contributed by atoms with E-state index in [1.807, 2.05) is 79.8 Å². The first-order valence-corrected chi connectivity index (χ1v) is 25.7. The zero-order valence-corrected chi connectivity index (χ0v) is 43.2. The molecule has 0 aliphatic carbocycles. The number of likely N-dealkylation sites (N-methyl/N-ethyl adjacent to an activating group) is 2. The van der Waals surface area contributed by atoms with Crippen LogP contribution in [-0.4, -0.2) is 122 Å². The van der Waals surface area contributed by atoms with Crippen LogP contribution in [0.25, 0.3) is 0 Å². The molecule has 66 heavy (non-hydrogen) atoms. The van der Waals surface area contributed by atoms with Crippen molar-refractivity contribution in [1.29, 1.82) is 0 Å². The number of amides is 4. The molecule has 0 aromatic heterocycles. The van der Waals surface area contributed by atoms with E-state index in [0.717, 1.165) is 10.5 Å². The number of ether oxygens (including phenoxy) is 4. The molecule has 0 aliphatic rings. The summed E-state index contributed by atoms with van der Waals surface area (Å²) in [6.07, 6.45) is -3.66. The van der Waals surface area contributed by atoms with Crippen molar-refractivity contribution >= 4 is 44.3 Å². The van der Waals surface area contributed by atoms with E-state index in [0.29, 0.717) is 17.7 Å². The van der Waals surface area contributed by atoms with Crippen molar-refractivity contribution in [3.8, 4) is 5.75 Å². The van der Waals surface area contributed by atoms with Gasteiger partial charge in [0, 0.05) is 20.5 Å². The van der Waals surface area contributed by atoms with Gasteiger partial charge in [-0.1, -0.05) is 97.4 Å². The summed E-state index contributed by atoms with van der Waals surface area (Å²) >= 11 is 0. The first kappa shape index (κ1) is 57.0. The molecule has 0 spiro atoms. The Morgan fingerprint density at radius 2 is 1.35 bits per heavy atom. The first-order valence-electron chi connectivity index (χ1n) is 22.7. The fraction of sp³-hybridized carbons (Fsp3) is 0.633. The van der Waals surface area contributed by atoms with Crippen LogP contribution in [0.1, 0.15) is 107 Å². The minimum atomic E-state index is -2.62. The number of benzene rings is 2. The SMILES string of the molecule is CC[C@H](C)[C@@H](NC(=O)[C@@H](NC(=O)[C@@H](CC(C)C)N(C)C(=O)OC(C)(C)C)[C@@H](C)OC(=O)[C@H](Cc1ccc(OC)cc1)N(C)C(=O)OCc1ccccc1)[C@H](CC(=O)O)O[Si](C)(C)C(C)(C)C. The number of hydrogen-bond donors (Lipinski definition) is 3. The number of esters is 1. The van der Waals surface area contributed by atoms with Crippen molar-refractivity contribution in [2.45, 2.75) is 169 Å². The van der Waals surface area contributed by atoms with Crippen LogP contribution in [-0.2, 0) is 50.8 Å². The second-order valence-electron chi connectivity index (χ2n) is 20.0. The monoisotopic (exact) mass is 943 g/mol. The summed E-state index contributed by atoms with van der Waals surface area (Å²) in [4.78, 5) is 85.5. The van der Waals surface area contributed by atoms with E-state index in [1.54, 1.807) is 57.2 Å². The summed E-state index contributed by atoms with van der Waals surface area (Å²) in [5.74, 6) is -3.36. The Morgan fingerprint density at radius 1 is 0.773 bits per heavy atom. The van der Waals surface area contributed by atoms with Gasteiger partial charge in [0.15, 0.2) is 8.32 Å². The fourth-order valence-corrected chi connectivity index (χ4v) is 8.05. The normalized spacial score (nSPS) is 15.2. The quantitative estimate of drug-likeness (QED) is 0.0553. The van der Waals surface area contributed by atoms with Gasteiger partial charge in [-0.2, -0.15) is 0 Å². The highest BCUT2D eigenvalue weighted by Gasteiger charge is 2.44. The maximum atomic E-state index is 14.9. The highest BCUT2D eigenvalue weighted by molar-refractivity contribution is 6.74. The Balaban J connectivity index is 2.71. The van der Waals surface area contributed by atoms with Gasteiger partial charge in [0.1, 0.15) is 42.2 Å². The molecule has 4 amide bonds. The Hall–Kier alpha value is -5.16. The highest BCUT2D eigenvalue weighted by atomic mass is 28.4. The van der Waals surface area contributed by atoms with Crippen molar-refractivity contribution in [3.63, 3.8) is 0 Å². The lowest BCUT2D eigenvalue weighted by atomic mass is 9.92. The number of aliphatic carboxylic acids is 1. The third kappa shape index (κ3) is 17.9. The van der Waals surface area contributed by atoms with E-state index in [9.17, 15) is 33.9 Å². The first-order chi connectivity index (χ1) is 30.5. The second-order valence-corrected chi connectivity index (χ2v) is 24.8. The molecular formula is C49H78N4O12Si. The summed E-state index contributed by atoms with van der Waals surface area (Å²) in [6.45, 7) is 24.1. The summed E-state index contributed by atoms with van der Waals surface area (Å²) in [5, 5.41) is 15.6. The van der Waals surface area contributed by atoms with E-state index in [-0.39, 0.29) is 36.3 Å². The summed E-state index contributed by atoms with van der Waals surface area (Å²) < 4.78 is 29.3. The smallest absolute Gasteiger partial charge is 0.410 e. The standard InChI is InChI=1S/C49H78N4O12Si/c1-17-32(4)41(39(29-40(54)55)65-66(15,16)49(9,10)11)50-44(57)42(51-43(56)37(27-31(2)3)52(12)47(60)64-48(6,7)8)33(5)63-45(58)38(28-34-23-25-36(61-14)26-24-34)53(13)46(59)62-30-35-21-19-18-20-22-35/h18-26,31-33,37-39,41-42H,17,27-30H2,1-16H3,(H,50,57)(H,51,56)(H,54,55)/t32-,33+,37+,38-,39-,41+,42-/m0/s1. The topological polar surface area (TPSA) is 199 Å². The average molecular weight is 943 g/mol. The summed E-state index contributed by atoms with van der Waals surface area (Å²) in [6, 6.07) is 11.1. The van der Waals surface area contributed by atoms with Gasteiger partial charge in [-0.15, -0.1) is 0 Å². The molecular weight excluding hydrogens is 865 g/mol. The number of carbonyl (C=O) groups excluding carboxylic acids is 5. The molecule has 370 valence electrons. The third-order valence-corrected chi connectivity index (χ3v) is 16.4. The maximum absolute atomic E-state index is 14.9. The summed E-state index contributed by atoms with van der Waals surface area (Å²) in [5.41, 5.74) is 0.513. The van der Waals surface area contributed by atoms with Crippen molar-refractivity contribution in [2.24, 2.45) is 11.8 Å². The van der Waals surface area contributed by atoms with Gasteiger partial charge in [-0.05, 0) is 87.3 Å². The van der Waals surface area contributed by atoms with Gasteiger partial charge in [0.2, 0.25) is 11.8 Å². The number of nitrogens with zero attached hydrogens (tertiary/aromatic N) is 2. The van der Waals surface area contributed by atoms with Crippen molar-refractivity contribution in [1.82, 2.24) is 20.4 Å². The van der Waals surface area contributed by atoms with Gasteiger partial charge in [0.05, 0.1) is 25.7 Å². The molecule has 7 atom stereocenters. The van der Waals surface area contributed by atoms with Crippen molar-refractivity contribution in [2.75, 3.05) is 21.2 Å². The predicted octanol–water partition coefficient (Wildman–Crippen LogP) is 7.97. The Kier molecular flexibility index (Phi) is 21.7. The molecule has 0 saturated carbocycles. The Morgan fingerprint density at radius 3 is 1.85 bits per heavy atom. The van der Waals surface area contributed by atoms with E-state index in [4.69, 9.17) is 23.4 Å². The van der Waals surface area contributed by atoms with Crippen LogP contribution in [0.5, 0.6) is 5.75 Å². The third-order valence-electron chi connectivity index (χ3n) is 11.9. The molecule has 16 nitrogen and oxygen atoms in total. The van der Waals surface area contributed by atoms with Gasteiger partial charge in [-0.25, -0.2) is 14.4 Å². The van der Waals surface area contributed by atoms with Gasteiger partial charge < -0.3 is 39.1 Å². The molecule has 3 N–H and O–H groups in total. The Bertz CT molecular complexity index is 1900. The second kappa shape index (κ2) is 25.1. The predicted molar refractivity (Wildman–Crippen MR) is 255 cm³/mol. The lowest BCUT2D eigenvalue weighted by Gasteiger charge is -2.43. The number of carboxylic acid groups (broad SMARTS) is 1. The average Bonchev–Trinajstić information content (AvgIpc) is 3.22. The number of carbonyl (C=O) groups is 6. The molecule has 2 aromatic carbocycles. The Labute approximate surface area is 393 Å². The molecule has 0 saturated heterocycles. The lowest BCUT2D eigenvalue weighted by Crippen LogP contribution is -2.62. The molecule has 0 heterocycles. The van der Waals surface area contributed by atoms with Crippen molar-refractivity contribution < 1.29 is 57.2 Å². The fourth-order valence-electron chi connectivity index (χ4n) is 6.71. The number of nitrogens with one attached hydrogen (secondary N) is 2. The molecule has 0 fully saturated rings. The van der Waals surface area contributed by atoms with Crippen LogP contribution in [0, 0.1) is 11.8 Å². The van der Waals surface area contributed by atoms with Crippen LogP contribution in [0.4, 0.5) is 9.59 Å². The minimum absolute atomic E-state index is 0.0232. The van der Waals surface area contributed by atoms with Crippen LogP contribution in [0.2, 0.25) is 18.1 Å². The summed E-state index contributed by atoms with van der Waals surface area (Å²) in [7, 11) is 1.74.